The van der Waals surface area contributed by atoms with Gasteiger partial charge in [0.1, 0.15) is 5.82 Å². The lowest BCUT2D eigenvalue weighted by atomic mass is 9.98. The molecular formula is C19H22FN3O2. The number of piperidine rings is 1. The Kier molecular flexibility index (Phi) is 5.60. The van der Waals surface area contributed by atoms with Gasteiger partial charge in [0.05, 0.1) is 25.0 Å². The Balaban J connectivity index is 1.73. The first kappa shape index (κ1) is 17.4. The Morgan fingerprint density at radius 3 is 2.56 bits per heavy atom. The highest BCUT2D eigenvalue weighted by Crippen LogP contribution is 2.23. The standard InChI is InChI=1S/C19H22FN3O2/c1-25-19(24)23-11-9-16(10-12-23)22-18(14-5-3-2-4-6-14)17-8-7-15(20)13-21-17/h2-8,13,16,18,22H,9-12H2,1H3. The summed E-state index contributed by atoms with van der Waals surface area (Å²) in [5, 5.41) is 3.62. The van der Waals surface area contributed by atoms with Gasteiger partial charge in [-0.2, -0.15) is 0 Å². The molecule has 0 radical (unpaired) electrons. The number of pyridine rings is 1. The molecule has 132 valence electrons. The molecule has 1 unspecified atom stereocenters. The van der Waals surface area contributed by atoms with E-state index in [0.29, 0.717) is 13.1 Å². The van der Waals surface area contributed by atoms with Crippen molar-refractivity contribution in [2.75, 3.05) is 20.2 Å². The molecule has 1 amide bonds. The molecule has 6 heteroatoms. The minimum Gasteiger partial charge on any atom is -0.453 e. The van der Waals surface area contributed by atoms with Crippen molar-refractivity contribution in [2.24, 2.45) is 0 Å². The molecule has 1 aromatic carbocycles. The summed E-state index contributed by atoms with van der Waals surface area (Å²) in [4.78, 5) is 17.6. The first-order valence-corrected chi connectivity index (χ1v) is 8.42. The van der Waals surface area contributed by atoms with E-state index in [2.05, 4.69) is 10.3 Å². The number of nitrogens with zero attached hydrogens (tertiary/aromatic N) is 2. The minimum atomic E-state index is -0.345. The minimum absolute atomic E-state index is 0.114. The zero-order valence-corrected chi connectivity index (χ0v) is 14.2. The largest absolute Gasteiger partial charge is 0.453 e. The van der Waals surface area contributed by atoms with Gasteiger partial charge in [0.15, 0.2) is 0 Å². The second-order valence-corrected chi connectivity index (χ2v) is 6.14. The van der Waals surface area contributed by atoms with Crippen LogP contribution in [0.2, 0.25) is 0 Å². The third-order valence-corrected chi connectivity index (χ3v) is 4.51. The maximum Gasteiger partial charge on any atom is 0.409 e. The van der Waals surface area contributed by atoms with E-state index in [4.69, 9.17) is 4.74 Å². The molecule has 3 rings (SSSR count). The van der Waals surface area contributed by atoms with Crippen LogP contribution in [0, 0.1) is 5.82 Å². The van der Waals surface area contributed by atoms with Gasteiger partial charge in [-0.15, -0.1) is 0 Å². The Bertz CT molecular complexity index is 686. The van der Waals surface area contributed by atoms with E-state index in [1.807, 2.05) is 30.3 Å². The maximum atomic E-state index is 13.2. The SMILES string of the molecule is COC(=O)N1CCC(NC(c2ccccc2)c2ccc(F)cn2)CC1. The lowest BCUT2D eigenvalue weighted by molar-refractivity contribution is 0.109. The molecule has 0 spiro atoms. The van der Waals surface area contributed by atoms with Gasteiger partial charge in [0.2, 0.25) is 0 Å². The van der Waals surface area contributed by atoms with Gasteiger partial charge in [-0.1, -0.05) is 30.3 Å². The van der Waals surface area contributed by atoms with Crippen molar-refractivity contribution in [2.45, 2.75) is 24.9 Å². The average Bonchev–Trinajstić information content (AvgIpc) is 2.67. The van der Waals surface area contributed by atoms with Crippen molar-refractivity contribution in [3.05, 3.63) is 65.7 Å². The molecule has 1 aromatic heterocycles. The van der Waals surface area contributed by atoms with Crippen molar-refractivity contribution in [3.8, 4) is 0 Å². The molecule has 1 aliphatic rings. The predicted octanol–water partition coefficient (Wildman–Crippen LogP) is 3.13. The quantitative estimate of drug-likeness (QED) is 0.927. The van der Waals surface area contributed by atoms with E-state index < -0.39 is 0 Å². The number of benzene rings is 1. The van der Waals surface area contributed by atoms with Gasteiger partial charge in [0.25, 0.3) is 0 Å². The van der Waals surface area contributed by atoms with Gasteiger partial charge in [-0.25, -0.2) is 9.18 Å². The van der Waals surface area contributed by atoms with Crippen molar-refractivity contribution in [3.63, 3.8) is 0 Å². The highest BCUT2D eigenvalue weighted by molar-refractivity contribution is 5.67. The van der Waals surface area contributed by atoms with Gasteiger partial charge in [-0.05, 0) is 30.5 Å². The fourth-order valence-corrected chi connectivity index (χ4v) is 3.15. The molecular weight excluding hydrogens is 321 g/mol. The molecule has 1 saturated heterocycles. The number of aromatic nitrogens is 1. The van der Waals surface area contributed by atoms with Crippen LogP contribution in [-0.4, -0.2) is 42.2 Å². The predicted molar refractivity (Wildman–Crippen MR) is 92.6 cm³/mol. The van der Waals surface area contributed by atoms with Crippen LogP contribution in [0.3, 0.4) is 0 Å². The number of rotatable bonds is 4. The van der Waals surface area contributed by atoms with Crippen LogP contribution in [0.25, 0.3) is 0 Å². The van der Waals surface area contributed by atoms with Gasteiger partial charge in [0, 0.05) is 19.1 Å². The molecule has 2 heterocycles. The van der Waals surface area contributed by atoms with Gasteiger partial charge >= 0.3 is 6.09 Å². The summed E-state index contributed by atoms with van der Waals surface area (Å²) in [6.07, 6.45) is 2.63. The molecule has 25 heavy (non-hydrogen) atoms. The Morgan fingerprint density at radius 1 is 1.24 bits per heavy atom. The van der Waals surface area contributed by atoms with Crippen LogP contribution < -0.4 is 5.32 Å². The number of amides is 1. The first-order chi connectivity index (χ1) is 12.2. The number of hydrogen-bond donors (Lipinski definition) is 1. The first-order valence-electron chi connectivity index (χ1n) is 8.42. The fraction of sp³-hybridized carbons (Fsp3) is 0.368. The average molecular weight is 343 g/mol. The summed E-state index contributed by atoms with van der Waals surface area (Å²) in [6, 6.07) is 13.3. The van der Waals surface area contributed by atoms with Crippen molar-refractivity contribution >= 4 is 6.09 Å². The van der Waals surface area contributed by atoms with Crippen molar-refractivity contribution in [1.29, 1.82) is 0 Å². The molecule has 1 aliphatic heterocycles. The van der Waals surface area contributed by atoms with Crippen LogP contribution >= 0.6 is 0 Å². The van der Waals surface area contributed by atoms with E-state index in [1.54, 1.807) is 11.0 Å². The topological polar surface area (TPSA) is 54.5 Å². The third kappa shape index (κ3) is 4.33. The lowest BCUT2D eigenvalue weighted by Gasteiger charge is -2.33. The number of carbonyl (C=O) groups is 1. The second kappa shape index (κ2) is 8.07. The molecule has 1 atom stereocenters. The second-order valence-electron chi connectivity index (χ2n) is 6.14. The summed E-state index contributed by atoms with van der Waals surface area (Å²) < 4.78 is 18.0. The summed E-state index contributed by atoms with van der Waals surface area (Å²) in [5.74, 6) is -0.345. The Labute approximate surface area is 146 Å². The fourth-order valence-electron chi connectivity index (χ4n) is 3.15. The number of halogens is 1. The van der Waals surface area contributed by atoms with Crippen molar-refractivity contribution < 1.29 is 13.9 Å². The Hall–Kier alpha value is -2.47. The summed E-state index contributed by atoms with van der Waals surface area (Å²) in [7, 11) is 1.40. The smallest absolute Gasteiger partial charge is 0.409 e. The molecule has 0 saturated carbocycles. The Morgan fingerprint density at radius 2 is 1.96 bits per heavy atom. The zero-order chi connectivity index (χ0) is 17.6. The highest BCUT2D eigenvalue weighted by Gasteiger charge is 2.26. The number of methoxy groups -OCH3 is 1. The monoisotopic (exact) mass is 343 g/mol. The number of likely N-dealkylation sites (tertiary alicyclic amines) is 1. The lowest BCUT2D eigenvalue weighted by Crippen LogP contribution is -2.46. The van der Waals surface area contributed by atoms with Crippen LogP contribution in [0.5, 0.6) is 0 Å². The van der Waals surface area contributed by atoms with Gasteiger partial charge in [-0.3, -0.25) is 4.98 Å². The molecule has 1 fully saturated rings. The number of nitrogens with one attached hydrogen (secondary N) is 1. The van der Waals surface area contributed by atoms with Crippen LogP contribution in [0.1, 0.15) is 30.1 Å². The third-order valence-electron chi connectivity index (χ3n) is 4.51. The molecule has 0 bridgehead atoms. The summed E-state index contributed by atoms with van der Waals surface area (Å²) in [5.41, 5.74) is 1.86. The number of ether oxygens (including phenoxy) is 1. The normalized spacial score (nSPS) is 16.5. The van der Waals surface area contributed by atoms with Crippen LogP contribution in [-0.2, 0) is 4.74 Å². The molecule has 2 aromatic rings. The molecule has 5 nitrogen and oxygen atoms in total. The number of carbonyl (C=O) groups excluding carboxylic acids is 1. The van der Waals surface area contributed by atoms with Crippen LogP contribution in [0.15, 0.2) is 48.7 Å². The molecule has 0 aliphatic carbocycles. The van der Waals surface area contributed by atoms with E-state index in [0.717, 1.165) is 24.1 Å². The van der Waals surface area contributed by atoms with Crippen LogP contribution in [0.4, 0.5) is 9.18 Å². The van der Waals surface area contributed by atoms with Gasteiger partial charge < -0.3 is 15.0 Å². The number of hydrogen-bond acceptors (Lipinski definition) is 4. The van der Waals surface area contributed by atoms with E-state index in [-0.39, 0.29) is 24.0 Å². The maximum absolute atomic E-state index is 13.2. The van der Waals surface area contributed by atoms with Crippen molar-refractivity contribution in [1.82, 2.24) is 15.2 Å². The van der Waals surface area contributed by atoms with E-state index in [1.165, 1.54) is 19.4 Å². The zero-order valence-electron chi connectivity index (χ0n) is 14.2. The van der Waals surface area contributed by atoms with E-state index >= 15 is 0 Å². The summed E-state index contributed by atoms with van der Waals surface area (Å²) in [6.45, 7) is 1.31. The highest BCUT2D eigenvalue weighted by atomic mass is 19.1. The molecule has 1 N–H and O–H groups in total. The van der Waals surface area contributed by atoms with E-state index in [9.17, 15) is 9.18 Å². The summed E-state index contributed by atoms with van der Waals surface area (Å²) >= 11 is 0.